The average Bonchev–Trinajstić information content (AvgIpc) is 2.45. The van der Waals surface area contributed by atoms with Gasteiger partial charge in [0.05, 0.1) is 11.5 Å². The minimum Gasteiger partial charge on any atom is -0.743 e. The summed E-state index contributed by atoms with van der Waals surface area (Å²) in [4.78, 5) is -0.473. The predicted octanol–water partition coefficient (Wildman–Crippen LogP) is 1.71. The van der Waals surface area contributed by atoms with Crippen LogP contribution >= 0.6 is 0 Å². The van der Waals surface area contributed by atoms with E-state index in [1.165, 1.54) is 12.1 Å². The van der Waals surface area contributed by atoms with Crippen molar-refractivity contribution in [3.05, 3.63) is 24.3 Å². The molecule has 0 radical (unpaired) electrons. The van der Waals surface area contributed by atoms with Gasteiger partial charge in [-0.3, -0.25) is 4.18 Å². The van der Waals surface area contributed by atoms with Gasteiger partial charge in [-0.05, 0) is 30.7 Å². The molecule has 0 aliphatic rings. The molecule has 0 aliphatic heterocycles. The molecule has 1 rings (SSSR count). The Bertz CT molecular complexity index is 712. The second-order valence-electron chi connectivity index (χ2n) is 4.48. The Morgan fingerprint density at radius 3 is 2.17 bits per heavy atom. The molecule has 0 heterocycles. The molecule has 1 aromatic rings. The lowest BCUT2D eigenvalue weighted by atomic mass is 10.3. The normalized spacial score (nSPS) is 13.0. The third kappa shape index (κ3) is 5.68. The molecule has 1 aromatic carbocycles. The molecule has 0 saturated carbocycles. The Hall–Kier alpha value is -1.30. The number of ether oxygens (including phenoxy) is 1. The van der Waals surface area contributed by atoms with Crippen molar-refractivity contribution in [3.8, 4) is 5.75 Å². The first-order chi connectivity index (χ1) is 10.5. The molecule has 23 heavy (non-hydrogen) atoms. The quantitative estimate of drug-likeness (QED) is 0.368. The SMILES string of the molecule is CCCCOc1ccc(S(=O)(=O)OCC(F)(F)S(=O)(=O)[O-])cc1. The van der Waals surface area contributed by atoms with Crippen LogP contribution in [0.1, 0.15) is 19.8 Å². The molecular formula is C12H15F2O7S2-. The maximum Gasteiger partial charge on any atom is 0.358 e. The Labute approximate surface area is 133 Å². The van der Waals surface area contributed by atoms with Crippen LogP contribution in [-0.2, 0) is 24.4 Å². The van der Waals surface area contributed by atoms with E-state index >= 15 is 0 Å². The molecule has 0 unspecified atom stereocenters. The highest BCUT2D eigenvalue weighted by molar-refractivity contribution is 7.87. The number of halogens is 2. The standard InChI is InChI=1S/C12H16F2O7S2/c1-2-3-8-20-10-4-6-11(7-5-10)22(15,16)21-9-12(13,14)23(17,18)19/h4-7H,2-3,8-9H2,1H3,(H,17,18,19)/p-1. The maximum absolute atomic E-state index is 12.9. The van der Waals surface area contributed by atoms with Crippen molar-refractivity contribution in [1.29, 1.82) is 0 Å². The minimum atomic E-state index is -6.02. The first kappa shape index (κ1) is 19.7. The van der Waals surface area contributed by atoms with E-state index in [0.29, 0.717) is 12.4 Å². The summed E-state index contributed by atoms with van der Waals surface area (Å²) in [6.07, 6.45) is 1.72. The molecule has 132 valence electrons. The van der Waals surface area contributed by atoms with Gasteiger partial charge in [-0.15, -0.1) is 0 Å². The molecule has 0 bridgehead atoms. The monoisotopic (exact) mass is 373 g/mol. The summed E-state index contributed by atoms with van der Waals surface area (Å²) in [7, 11) is -10.7. The summed E-state index contributed by atoms with van der Waals surface area (Å²) in [6, 6.07) is 4.71. The highest BCUT2D eigenvalue weighted by Crippen LogP contribution is 2.24. The first-order valence-corrected chi connectivity index (χ1v) is 9.27. The number of hydrogen-bond donors (Lipinski definition) is 0. The second-order valence-corrected chi connectivity index (χ2v) is 7.60. The Morgan fingerprint density at radius 1 is 1.13 bits per heavy atom. The molecule has 0 aliphatic carbocycles. The highest BCUT2D eigenvalue weighted by Gasteiger charge is 2.40. The Morgan fingerprint density at radius 2 is 1.70 bits per heavy atom. The topological polar surface area (TPSA) is 110 Å². The van der Waals surface area contributed by atoms with Gasteiger partial charge >= 0.3 is 5.25 Å². The predicted molar refractivity (Wildman–Crippen MR) is 74.6 cm³/mol. The fourth-order valence-electron chi connectivity index (χ4n) is 1.32. The third-order valence-corrected chi connectivity index (χ3v) is 4.75. The summed E-state index contributed by atoms with van der Waals surface area (Å²) in [5.41, 5.74) is 0. The summed E-state index contributed by atoms with van der Waals surface area (Å²) in [5, 5.41) is -4.84. The van der Waals surface area contributed by atoms with Gasteiger partial charge in [0.15, 0.2) is 10.1 Å². The van der Waals surface area contributed by atoms with Crippen LogP contribution in [0, 0.1) is 0 Å². The van der Waals surface area contributed by atoms with Gasteiger partial charge in [-0.2, -0.15) is 17.2 Å². The van der Waals surface area contributed by atoms with Crippen molar-refractivity contribution < 1.29 is 39.1 Å². The molecule has 0 N–H and O–H groups in total. The number of benzene rings is 1. The largest absolute Gasteiger partial charge is 0.743 e. The highest BCUT2D eigenvalue weighted by atomic mass is 32.2. The van der Waals surface area contributed by atoms with Crippen LogP contribution in [0.15, 0.2) is 29.2 Å². The van der Waals surface area contributed by atoms with Gasteiger partial charge in [0.25, 0.3) is 10.1 Å². The average molecular weight is 373 g/mol. The first-order valence-electron chi connectivity index (χ1n) is 6.45. The number of hydrogen-bond acceptors (Lipinski definition) is 7. The maximum atomic E-state index is 12.9. The summed E-state index contributed by atoms with van der Waals surface area (Å²) in [5.74, 6) is 0.380. The van der Waals surface area contributed by atoms with Crippen molar-refractivity contribution in [2.75, 3.05) is 13.2 Å². The second kappa shape index (κ2) is 7.51. The minimum absolute atomic E-state index is 0.380. The zero-order chi connectivity index (χ0) is 17.7. The van der Waals surface area contributed by atoms with Crippen molar-refractivity contribution in [2.45, 2.75) is 29.9 Å². The van der Waals surface area contributed by atoms with Crippen LogP contribution in [0.4, 0.5) is 8.78 Å². The van der Waals surface area contributed by atoms with E-state index in [2.05, 4.69) is 4.18 Å². The van der Waals surface area contributed by atoms with E-state index in [-0.39, 0.29) is 0 Å². The number of rotatable bonds is 9. The van der Waals surface area contributed by atoms with Gasteiger partial charge in [-0.1, -0.05) is 13.3 Å². The van der Waals surface area contributed by atoms with E-state index in [9.17, 15) is 30.2 Å². The van der Waals surface area contributed by atoms with Gasteiger partial charge in [-0.25, -0.2) is 8.42 Å². The van der Waals surface area contributed by atoms with Crippen molar-refractivity contribution in [1.82, 2.24) is 0 Å². The summed E-state index contributed by atoms with van der Waals surface area (Å²) in [6.45, 7) is 0.316. The summed E-state index contributed by atoms with van der Waals surface area (Å²) >= 11 is 0. The van der Waals surface area contributed by atoms with Crippen LogP contribution in [0.5, 0.6) is 5.75 Å². The lowest BCUT2D eigenvalue weighted by molar-refractivity contribution is 0.0303. The molecule has 0 saturated heterocycles. The zero-order valence-electron chi connectivity index (χ0n) is 12.1. The molecular weight excluding hydrogens is 358 g/mol. The molecule has 0 atom stereocenters. The number of alkyl halides is 2. The molecule has 0 fully saturated rings. The Kier molecular flexibility index (Phi) is 6.45. The van der Waals surface area contributed by atoms with E-state index in [1.54, 1.807) is 0 Å². The van der Waals surface area contributed by atoms with Crippen molar-refractivity contribution in [3.63, 3.8) is 0 Å². The third-order valence-electron chi connectivity index (χ3n) is 2.63. The molecule has 7 nitrogen and oxygen atoms in total. The van der Waals surface area contributed by atoms with Crippen molar-refractivity contribution in [2.24, 2.45) is 0 Å². The van der Waals surface area contributed by atoms with Gasteiger partial charge < -0.3 is 9.29 Å². The molecule has 0 aromatic heterocycles. The fourth-order valence-corrected chi connectivity index (χ4v) is 2.51. The van der Waals surface area contributed by atoms with E-state index in [4.69, 9.17) is 4.74 Å². The van der Waals surface area contributed by atoms with Crippen LogP contribution in [0.25, 0.3) is 0 Å². The van der Waals surface area contributed by atoms with Crippen LogP contribution in [0.3, 0.4) is 0 Å². The van der Waals surface area contributed by atoms with Crippen molar-refractivity contribution >= 4 is 20.2 Å². The molecule has 0 amide bonds. The van der Waals surface area contributed by atoms with E-state index in [1.807, 2.05) is 6.92 Å². The van der Waals surface area contributed by atoms with Crippen LogP contribution < -0.4 is 4.74 Å². The molecule has 11 heteroatoms. The smallest absolute Gasteiger partial charge is 0.358 e. The van der Waals surface area contributed by atoms with E-state index in [0.717, 1.165) is 25.0 Å². The number of unbranched alkanes of at least 4 members (excludes halogenated alkanes) is 1. The lowest BCUT2D eigenvalue weighted by Gasteiger charge is -2.19. The molecule has 0 spiro atoms. The van der Waals surface area contributed by atoms with E-state index < -0.39 is 37.0 Å². The summed E-state index contributed by atoms with van der Waals surface area (Å²) < 4.78 is 89.3. The van der Waals surface area contributed by atoms with Crippen LogP contribution in [-0.4, -0.2) is 39.9 Å². The van der Waals surface area contributed by atoms with Gasteiger partial charge in [0.1, 0.15) is 12.4 Å². The lowest BCUT2D eigenvalue weighted by Crippen LogP contribution is -2.34. The van der Waals surface area contributed by atoms with Gasteiger partial charge in [0, 0.05) is 0 Å². The van der Waals surface area contributed by atoms with Crippen LogP contribution in [0.2, 0.25) is 0 Å². The van der Waals surface area contributed by atoms with Gasteiger partial charge in [0.2, 0.25) is 0 Å². The Balaban J connectivity index is 2.77. The fraction of sp³-hybridized carbons (Fsp3) is 0.500. The zero-order valence-corrected chi connectivity index (χ0v) is 13.7.